The smallest absolute Gasteiger partial charge is 0.276 e. The molecule has 4 aromatic rings. The molecule has 8 heteroatoms. The molecule has 0 unspecified atom stereocenters. The number of para-hydroxylation sites is 1. The highest BCUT2D eigenvalue weighted by molar-refractivity contribution is 6.04. The Kier molecular flexibility index (Phi) is 3.98. The SMILES string of the molecule is O=C(Nc1cn[nH]c1-c1ccccn1)c1ccn(-c2ccccc2F)n1. The number of hydrogen-bond acceptors (Lipinski definition) is 4. The lowest BCUT2D eigenvalue weighted by atomic mass is 10.2. The summed E-state index contributed by atoms with van der Waals surface area (Å²) in [6, 6.07) is 13.2. The molecule has 0 spiro atoms. The highest BCUT2D eigenvalue weighted by Crippen LogP contribution is 2.23. The third kappa shape index (κ3) is 2.95. The first-order chi connectivity index (χ1) is 12.7. The van der Waals surface area contributed by atoms with Gasteiger partial charge in [-0.1, -0.05) is 18.2 Å². The van der Waals surface area contributed by atoms with Crippen molar-refractivity contribution in [3.05, 3.63) is 78.6 Å². The normalized spacial score (nSPS) is 10.7. The maximum Gasteiger partial charge on any atom is 0.276 e. The number of H-pyrrole nitrogens is 1. The van der Waals surface area contributed by atoms with Crippen molar-refractivity contribution < 1.29 is 9.18 Å². The van der Waals surface area contributed by atoms with Crippen LogP contribution in [0.5, 0.6) is 0 Å². The number of hydrogen-bond donors (Lipinski definition) is 2. The van der Waals surface area contributed by atoms with E-state index in [1.165, 1.54) is 29.2 Å². The molecule has 2 N–H and O–H groups in total. The first kappa shape index (κ1) is 15.7. The Morgan fingerprint density at radius 2 is 1.96 bits per heavy atom. The highest BCUT2D eigenvalue weighted by Gasteiger charge is 2.16. The van der Waals surface area contributed by atoms with E-state index in [0.29, 0.717) is 17.1 Å². The van der Waals surface area contributed by atoms with Crippen LogP contribution < -0.4 is 5.32 Å². The summed E-state index contributed by atoms with van der Waals surface area (Å²) in [4.78, 5) is 16.7. The van der Waals surface area contributed by atoms with Crippen LogP contribution in [0.3, 0.4) is 0 Å². The highest BCUT2D eigenvalue weighted by atomic mass is 19.1. The molecular formula is C18H13FN6O. The van der Waals surface area contributed by atoms with Crippen LogP contribution in [-0.2, 0) is 0 Å². The van der Waals surface area contributed by atoms with Gasteiger partial charge in [0.2, 0.25) is 0 Å². The second-order valence-electron chi connectivity index (χ2n) is 5.42. The van der Waals surface area contributed by atoms with Crippen molar-refractivity contribution >= 4 is 11.6 Å². The molecule has 7 nitrogen and oxygen atoms in total. The zero-order valence-corrected chi connectivity index (χ0v) is 13.4. The summed E-state index contributed by atoms with van der Waals surface area (Å²) in [5.41, 5.74) is 2.14. The number of amides is 1. The van der Waals surface area contributed by atoms with E-state index in [9.17, 15) is 9.18 Å². The monoisotopic (exact) mass is 348 g/mol. The molecule has 0 saturated heterocycles. The predicted octanol–water partition coefficient (Wildman–Crippen LogP) is 3.05. The average Bonchev–Trinajstić information content (AvgIpc) is 3.32. The van der Waals surface area contributed by atoms with Crippen molar-refractivity contribution in [1.29, 1.82) is 0 Å². The Bertz CT molecular complexity index is 1060. The molecule has 0 atom stereocenters. The predicted molar refractivity (Wildman–Crippen MR) is 93.3 cm³/mol. The van der Waals surface area contributed by atoms with Gasteiger partial charge in [0.15, 0.2) is 5.69 Å². The number of anilines is 1. The minimum atomic E-state index is -0.432. The van der Waals surface area contributed by atoms with Crippen molar-refractivity contribution in [1.82, 2.24) is 25.0 Å². The number of nitrogens with one attached hydrogen (secondary N) is 2. The summed E-state index contributed by atoms with van der Waals surface area (Å²) < 4.78 is 15.2. The van der Waals surface area contributed by atoms with Crippen molar-refractivity contribution in [3.8, 4) is 17.1 Å². The van der Waals surface area contributed by atoms with Crippen LogP contribution in [-0.4, -0.2) is 30.9 Å². The van der Waals surface area contributed by atoms with E-state index in [1.54, 1.807) is 36.5 Å². The lowest BCUT2D eigenvalue weighted by Crippen LogP contribution is -2.13. The molecule has 0 radical (unpaired) electrons. The Hall–Kier alpha value is -3.81. The molecular weight excluding hydrogens is 335 g/mol. The topological polar surface area (TPSA) is 88.5 Å². The summed E-state index contributed by atoms with van der Waals surface area (Å²) in [5.74, 6) is -0.853. The van der Waals surface area contributed by atoms with E-state index in [4.69, 9.17) is 0 Å². The molecule has 4 rings (SSSR count). The van der Waals surface area contributed by atoms with Gasteiger partial charge in [-0.15, -0.1) is 0 Å². The van der Waals surface area contributed by atoms with Gasteiger partial charge in [-0.3, -0.25) is 14.9 Å². The fourth-order valence-corrected chi connectivity index (χ4v) is 2.49. The third-order valence-corrected chi connectivity index (χ3v) is 3.73. The Balaban J connectivity index is 1.57. The summed E-state index contributed by atoms with van der Waals surface area (Å²) in [5, 5.41) is 13.7. The quantitative estimate of drug-likeness (QED) is 0.593. The second-order valence-corrected chi connectivity index (χ2v) is 5.42. The Morgan fingerprint density at radius 3 is 2.77 bits per heavy atom. The van der Waals surface area contributed by atoms with Gasteiger partial charge < -0.3 is 5.32 Å². The van der Waals surface area contributed by atoms with Crippen molar-refractivity contribution in [3.63, 3.8) is 0 Å². The van der Waals surface area contributed by atoms with E-state index in [2.05, 4.69) is 25.6 Å². The molecule has 128 valence electrons. The number of aromatic amines is 1. The van der Waals surface area contributed by atoms with Crippen molar-refractivity contribution in [2.75, 3.05) is 5.32 Å². The Labute approximate surface area is 147 Å². The zero-order chi connectivity index (χ0) is 17.9. The van der Waals surface area contributed by atoms with Gasteiger partial charge in [0.1, 0.15) is 17.2 Å². The minimum absolute atomic E-state index is 0.154. The van der Waals surface area contributed by atoms with Crippen LogP contribution in [0.15, 0.2) is 67.1 Å². The molecule has 0 bridgehead atoms. The van der Waals surface area contributed by atoms with E-state index >= 15 is 0 Å². The van der Waals surface area contributed by atoms with Gasteiger partial charge in [-0.05, 0) is 30.3 Å². The molecule has 3 heterocycles. The summed E-state index contributed by atoms with van der Waals surface area (Å²) in [6.45, 7) is 0. The molecule has 3 aromatic heterocycles. The van der Waals surface area contributed by atoms with Crippen LogP contribution in [0.1, 0.15) is 10.5 Å². The van der Waals surface area contributed by atoms with Crippen molar-refractivity contribution in [2.24, 2.45) is 0 Å². The van der Waals surface area contributed by atoms with Crippen LogP contribution in [0.4, 0.5) is 10.1 Å². The van der Waals surface area contributed by atoms with Crippen LogP contribution in [0.2, 0.25) is 0 Å². The first-order valence-electron chi connectivity index (χ1n) is 7.79. The number of rotatable bonds is 4. The van der Waals surface area contributed by atoms with Gasteiger partial charge in [-0.2, -0.15) is 10.2 Å². The van der Waals surface area contributed by atoms with Crippen molar-refractivity contribution in [2.45, 2.75) is 0 Å². The Morgan fingerprint density at radius 1 is 1.12 bits per heavy atom. The molecule has 0 saturated carbocycles. The zero-order valence-electron chi connectivity index (χ0n) is 13.4. The fourth-order valence-electron chi connectivity index (χ4n) is 2.49. The van der Waals surface area contributed by atoms with E-state index in [1.807, 2.05) is 6.07 Å². The van der Waals surface area contributed by atoms with Gasteiger partial charge >= 0.3 is 0 Å². The maximum atomic E-state index is 13.9. The number of halogens is 1. The molecule has 1 amide bonds. The average molecular weight is 348 g/mol. The lowest BCUT2D eigenvalue weighted by molar-refractivity contribution is 0.102. The van der Waals surface area contributed by atoms with Gasteiger partial charge in [-0.25, -0.2) is 9.07 Å². The number of nitrogens with zero attached hydrogens (tertiary/aromatic N) is 4. The largest absolute Gasteiger partial charge is 0.317 e. The van der Waals surface area contributed by atoms with Crippen LogP contribution >= 0.6 is 0 Å². The fraction of sp³-hybridized carbons (Fsp3) is 0. The third-order valence-electron chi connectivity index (χ3n) is 3.73. The standard InChI is InChI=1S/C18H13FN6O/c19-12-5-1-2-7-16(12)25-10-8-14(24-25)18(26)22-15-11-21-23-17(15)13-6-3-4-9-20-13/h1-11H,(H,21,23)(H,22,26). The van der Waals surface area contributed by atoms with E-state index in [-0.39, 0.29) is 11.4 Å². The maximum absolute atomic E-state index is 13.9. The number of pyridine rings is 1. The van der Waals surface area contributed by atoms with E-state index in [0.717, 1.165) is 0 Å². The molecule has 0 aliphatic rings. The molecule has 26 heavy (non-hydrogen) atoms. The van der Waals surface area contributed by atoms with Gasteiger partial charge in [0.25, 0.3) is 5.91 Å². The first-order valence-corrected chi connectivity index (χ1v) is 7.79. The van der Waals surface area contributed by atoms with Gasteiger partial charge in [0, 0.05) is 12.4 Å². The number of benzene rings is 1. The second kappa shape index (κ2) is 6.60. The van der Waals surface area contributed by atoms with Gasteiger partial charge in [0.05, 0.1) is 17.6 Å². The summed E-state index contributed by atoms with van der Waals surface area (Å²) in [7, 11) is 0. The molecule has 0 aliphatic heterocycles. The summed E-state index contributed by atoms with van der Waals surface area (Å²) in [6.07, 6.45) is 4.68. The summed E-state index contributed by atoms with van der Waals surface area (Å²) >= 11 is 0. The van der Waals surface area contributed by atoms with Crippen LogP contribution in [0.25, 0.3) is 17.1 Å². The molecule has 0 fully saturated rings. The van der Waals surface area contributed by atoms with E-state index < -0.39 is 11.7 Å². The molecule has 0 aliphatic carbocycles. The minimum Gasteiger partial charge on any atom is -0.317 e. The van der Waals surface area contributed by atoms with Crippen LogP contribution in [0, 0.1) is 5.82 Å². The number of carbonyl (C=O) groups is 1. The number of aromatic nitrogens is 5. The lowest BCUT2D eigenvalue weighted by Gasteiger charge is -2.04. The molecule has 1 aromatic carbocycles. The number of carbonyl (C=O) groups excluding carboxylic acids is 1.